The summed E-state index contributed by atoms with van der Waals surface area (Å²) in [5.41, 5.74) is 0. The first-order chi connectivity index (χ1) is 5.75. The van der Waals surface area contributed by atoms with Crippen LogP contribution in [0.3, 0.4) is 0 Å². The number of hydrogen-bond acceptors (Lipinski definition) is 1. The number of rotatable bonds is 0. The van der Waals surface area contributed by atoms with Crippen molar-refractivity contribution in [2.24, 2.45) is 0 Å². The van der Waals surface area contributed by atoms with Gasteiger partial charge in [0.15, 0.2) is 0 Å². The number of nitrogens with one attached hydrogen (secondary N) is 1. The van der Waals surface area contributed by atoms with E-state index < -0.39 is 0 Å². The third kappa shape index (κ3) is 2.72. The Hall–Kier alpha value is -0.730. The summed E-state index contributed by atoms with van der Waals surface area (Å²) in [7, 11) is 1.67. The van der Waals surface area contributed by atoms with Gasteiger partial charge in [-0.05, 0) is 19.8 Å². The van der Waals surface area contributed by atoms with Crippen LogP contribution in [0.25, 0.3) is 0 Å². The van der Waals surface area contributed by atoms with Gasteiger partial charge in [-0.25, -0.2) is 4.79 Å². The highest BCUT2D eigenvalue weighted by atomic mass is 16.2. The number of hydrogen-bond donors (Lipinski definition) is 1. The van der Waals surface area contributed by atoms with E-state index in [9.17, 15) is 4.79 Å². The standard InChI is InChI=1S/C7H14N2O.C2H6.H2/c1-6-4-3-5-9(6)7(10)8-2;1-2;/h6H,3-5H2,1-2H3,(H,8,10);1-2H3;1H. The number of carbonyl (C=O) groups excluding carboxylic acids is 1. The zero-order valence-electron chi connectivity index (χ0n) is 8.55. The molecule has 2 amide bonds. The van der Waals surface area contributed by atoms with Crippen LogP contribution in [0.4, 0.5) is 4.79 Å². The second-order valence-electron chi connectivity index (χ2n) is 2.74. The third-order valence-corrected chi connectivity index (χ3v) is 2.03. The summed E-state index contributed by atoms with van der Waals surface area (Å²) in [6, 6.07) is 0.491. The molecule has 3 nitrogen and oxygen atoms in total. The fourth-order valence-electron chi connectivity index (χ4n) is 1.38. The molecular formula is C9H22N2O. The first kappa shape index (κ1) is 11.3. The lowest BCUT2D eigenvalue weighted by Gasteiger charge is -2.20. The van der Waals surface area contributed by atoms with Crippen molar-refractivity contribution in [2.45, 2.75) is 39.7 Å². The monoisotopic (exact) mass is 174 g/mol. The predicted octanol–water partition coefficient (Wildman–Crippen LogP) is 2.08. The largest absolute Gasteiger partial charge is 0.341 e. The van der Waals surface area contributed by atoms with E-state index in [1.165, 1.54) is 0 Å². The molecule has 1 N–H and O–H groups in total. The number of carbonyl (C=O) groups is 1. The molecule has 1 aliphatic rings. The number of nitrogens with zero attached hydrogens (tertiary/aromatic N) is 1. The summed E-state index contributed by atoms with van der Waals surface area (Å²) >= 11 is 0. The normalized spacial score (nSPS) is 21.3. The van der Waals surface area contributed by atoms with Gasteiger partial charge in [-0.1, -0.05) is 13.8 Å². The van der Waals surface area contributed by atoms with Gasteiger partial charge in [0.2, 0.25) is 0 Å². The highest BCUT2D eigenvalue weighted by Gasteiger charge is 2.23. The summed E-state index contributed by atoms with van der Waals surface area (Å²) in [6.45, 7) is 7.00. The van der Waals surface area contributed by atoms with Gasteiger partial charge in [0, 0.05) is 21.1 Å². The zero-order valence-corrected chi connectivity index (χ0v) is 8.55. The lowest BCUT2D eigenvalue weighted by Crippen LogP contribution is -2.39. The Morgan fingerprint density at radius 1 is 1.58 bits per heavy atom. The van der Waals surface area contributed by atoms with Gasteiger partial charge in [0.25, 0.3) is 0 Å². The van der Waals surface area contributed by atoms with Crippen molar-refractivity contribution in [3.05, 3.63) is 0 Å². The van der Waals surface area contributed by atoms with Gasteiger partial charge >= 0.3 is 6.03 Å². The smallest absolute Gasteiger partial charge is 0.317 e. The Kier molecular flexibility index (Phi) is 5.51. The number of likely N-dealkylation sites (tertiary alicyclic amines) is 1. The average Bonchev–Trinajstić information content (AvgIpc) is 2.54. The molecule has 12 heavy (non-hydrogen) atoms. The topological polar surface area (TPSA) is 32.3 Å². The van der Waals surface area contributed by atoms with Crippen molar-refractivity contribution in [1.29, 1.82) is 0 Å². The molecule has 0 radical (unpaired) electrons. The Labute approximate surface area is 76.6 Å². The van der Waals surface area contributed by atoms with Crippen LogP contribution >= 0.6 is 0 Å². The fraction of sp³-hybridized carbons (Fsp3) is 0.889. The molecule has 3 heteroatoms. The van der Waals surface area contributed by atoms with Crippen LogP contribution < -0.4 is 5.32 Å². The molecule has 0 spiro atoms. The minimum absolute atomic E-state index is 0. The van der Waals surface area contributed by atoms with Crippen LogP contribution in [0.5, 0.6) is 0 Å². The summed E-state index contributed by atoms with van der Waals surface area (Å²) in [5, 5.41) is 2.62. The second-order valence-corrected chi connectivity index (χ2v) is 2.74. The van der Waals surface area contributed by atoms with E-state index in [4.69, 9.17) is 0 Å². The van der Waals surface area contributed by atoms with Gasteiger partial charge in [-0.15, -0.1) is 0 Å². The summed E-state index contributed by atoms with van der Waals surface area (Å²) in [6.07, 6.45) is 2.29. The summed E-state index contributed by atoms with van der Waals surface area (Å²) < 4.78 is 0. The van der Waals surface area contributed by atoms with E-state index in [1.54, 1.807) is 7.05 Å². The van der Waals surface area contributed by atoms with Crippen LogP contribution in [-0.4, -0.2) is 30.6 Å². The van der Waals surface area contributed by atoms with E-state index >= 15 is 0 Å². The zero-order chi connectivity index (χ0) is 9.56. The van der Waals surface area contributed by atoms with Gasteiger partial charge in [0.05, 0.1) is 0 Å². The Balaban J connectivity index is 0. The van der Waals surface area contributed by atoms with Crippen molar-refractivity contribution in [1.82, 2.24) is 10.2 Å². The molecule has 1 atom stereocenters. The van der Waals surface area contributed by atoms with Crippen molar-refractivity contribution in [2.75, 3.05) is 13.6 Å². The Bertz CT molecular complexity index is 142. The minimum Gasteiger partial charge on any atom is -0.341 e. The quantitative estimate of drug-likeness (QED) is 0.599. The number of amides is 2. The molecule has 1 aliphatic heterocycles. The van der Waals surface area contributed by atoms with Crippen molar-refractivity contribution in [3.8, 4) is 0 Å². The minimum atomic E-state index is 0. The highest BCUT2D eigenvalue weighted by Crippen LogP contribution is 2.15. The third-order valence-electron chi connectivity index (χ3n) is 2.03. The van der Waals surface area contributed by atoms with Crippen LogP contribution in [0.15, 0.2) is 0 Å². The highest BCUT2D eigenvalue weighted by molar-refractivity contribution is 5.74. The molecule has 1 fully saturated rings. The summed E-state index contributed by atoms with van der Waals surface area (Å²) in [4.78, 5) is 12.9. The predicted molar refractivity (Wildman–Crippen MR) is 53.3 cm³/mol. The lowest BCUT2D eigenvalue weighted by molar-refractivity contribution is 0.198. The number of urea groups is 1. The van der Waals surface area contributed by atoms with Crippen molar-refractivity contribution < 1.29 is 6.22 Å². The molecule has 74 valence electrons. The van der Waals surface area contributed by atoms with Crippen molar-refractivity contribution >= 4 is 6.03 Å². The molecular weight excluding hydrogens is 152 g/mol. The van der Waals surface area contributed by atoms with Gasteiger partial charge in [-0.2, -0.15) is 0 Å². The maximum Gasteiger partial charge on any atom is 0.317 e. The fourth-order valence-corrected chi connectivity index (χ4v) is 1.38. The van der Waals surface area contributed by atoms with E-state index in [2.05, 4.69) is 12.2 Å². The van der Waals surface area contributed by atoms with Crippen LogP contribution in [-0.2, 0) is 0 Å². The molecule has 1 unspecified atom stereocenters. The first-order valence-corrected chi connectivity index (χ1v) is 4.74. The first-order valence-electron chi connectivity index (χ1n) is 4.74. The van der Waals surface area contributed by atoms with Crippen LogP contribution in [0.2, 0.25) is 0 Å². The lowest BCUT2D eigenvalue weighted by atomic mass is 10.2. The molecule has 1 heterocycles. The van der Waals surface area contributed by atoms with E-state index in [0.717, 1.165) is 19.4 Å². The van der Waals surface area contributed by atoms with Gasteiger partial charge in [-0.3, -0.25) is 0 Å². The Morgan fingerprint density at radius 3 is 2.50 bits per heavy atom. The molecule has 0 aromatic heterocycles. The molecule has 1 rings (SSSR count). The maximum absolute atomic E-state index is 11.0. The molecule has 0 aromatic rings. The van der Waals surface area contributed by atoms with Crippen molar-refractivity contribution in [3.63, 3.8) is 0 Å². The van der Waals surface area contributed by atoms with Crippen LogP contribution in [0, 0.1) is 0 Å². The molecule has 0 aromatic carbocycles. The second kappa shape index (κ2) is 5.86. The molecule has 1 saturated heterocycles. The van der Waals surface area contributed by atoms with Gasteiger partial charge in [0.1, 0.15) is 0 Å². The molecule has 0 saturated carbocycles. The van der Waals surface area contributed by atoms with Crippen LogP contribution in [0.1, 0.15) is 35.0 Å². The van der Waals surface area contributed by atoms with E-state index in [-0.39, 0.29) is 7.46 Å². The maximum atomic E-state index is 11.0. The molecule has 0 bridgehead atoms. The SMILES string of the molecule is CC.CNC(=O)N1CCCC1C.[HH]. The van der Waals surface area contributed by atoms with E-state index in [0.29, 0.717) is 6.04 Å². The summed E-state index contributed by atoms with van der Waals surface area (Å²) in [5.74, 6) is 0. The molecule has 0 aliphatic carbocycles. The van der Waals surface area contributed by atoms with E-state index in [1.807, 2.05) is 18.7 Å². The average molecular weight is 174 g/mol. The van der Waals surface area contributed by atoms with Gasteiger partial charge < -0.3 is 10.2 Å². The Morgan fingerprint density at radius 2 is 2.17 bits per heavy atom.